The van der Waals surface area contributed by atoms with Crippen LogP contribution in [0.25, 0.3) is 0 Å². The predicted octanol–water partition coefficient (Wildman–Crippen LogP) is 3.53. The van der Waals surface area contributed by atoms with Crippen molar-refractivity contribution < 1.29 is 9.53 Å². The summed E-state index contributed by atoms with van der Waals surface area (Å²) in [7, 11) is 1.64. The molecule has 20 heavy (non-hydrogen) atoms. The van der Waals surface area contributed by atoms with Gasteiger partial charge in [-0.3, -0.25) is 4.79 Å². The minimum atomic E-state index is 0.145. The minimum Gasteiger partial charge on any atom is -0.493 e. The van der Waals surface area contributed by atoms with Crippen molar-refractivity contribution in [2.45, 2.75) is 25.8 Å². The van der Waals surface area contributed by atoms with E-state index in [1.54, 1.807) is 14.0 Å². The molecule has 0 unspecified atom stereocenters. The number of piperidine rings is 1. The van der Waals surface area contributed by atoms with E-state index in [9.17, 15) is 4.79 Å². The number of anilines is 1. The van der Waals surface area contributed by atoms with Gasteiger partial charge < -0.3 is 15.0 Å². The van der Waals surface area contributed by atoms with Crippen LogP contribution in [0.1, 0.15) is 19.8 Å². The van der Waals surface area contributed by atoms with Gasteiger partial charge in [-0.25, -0.2) is 0 Å². The van der Waals surface area contributed by atoms with Crippen LogP contribution >= 0.6 is 27.5 Å². The summed E-state index contributed by atoms with van der Waals surface area (Å²) < 4.78 is 6.23. The highest BCUT2D eigenvalue weighted by Crippen LogP contribution is 2.37. The Morgan fingerprint density at radius 2 is 2.10 bits per heavy atom. The lowest BCUT2D eigenvalue weighted by atomic mass is 10.0. The number of carbonyl (C=O) groups excluding carboxylic acids is 1. The van der Waals surface area contributed by atoms with E-state index in [1.165, 1.54) is 0 Å². The van der Waals surface area contributed by atoms with Gasteiger partial charge in [-0.15, -0.1) is 0 Å². The zero-order valence-electron chi connectivity index (χ0n) is 11.6. The summed E-state index contributed by atoms with van der Waals surface area (Å²) in [5, 5.41) is 4.12. The molecule has 2 rings (SSSR count). The maximum Gasteiger partial charge on any atom is 0.219 e. The Labute approximate surface area is 132 Å². The van der Waals surface area contributed by atoms with Gasteiger partial charge >= 0.3 is 0 Å². The second-order valence-corrected chi connectivity index (χ2v) is 6.18. The SMILES string of the molecule is COc1c(Br)cc(Cl)cc1NC1CCN(C(C)=O)CC1. The smallest absolute Gasteiger partial charge is 0.219 e. The van der Waals surface area contributed by atoms with Crippen LogP contribution in [0.3, 0.4) is 0 Å². The van der Waals surface area contributed by atoms with E-state index in [-0.39, 0.29) is 5.91 Å². The van der Waals surface area contributed by atoms with Gasteiger partial charge in [0.15, 0.2) is 5.75 Å². The summed E-state index contributed by atoms with van der Waals surface area (Å²) in [6.45, 7) is 3.19. The van der Waals surface area contributed by atoms with Gasteiger partial charge in [-0.1, -0.05) is 11.6 Å². The maximum absolute atomic E-state index is 11.3. The number of hydrogen-bond acceptors (Lipinski definition) is 3. The molecule has 6 heteroatoms. The third-order valence-electron chi connectivity index (χ3n) is 3.51. The first kappa shape index (κ1) is 15.4. The third kappa shape index (κ3) is 3.58. The van der Waals surface area contributed by atoms with Crippen molar-refractivity contribution in [1.82, 2.24) is 4.90 Å². The average molecular weight is 362 g/mol. The zero-order valence-corrected chi connectivity index (χ0v) is 13.9. The second kappa shape index (κ2) is 6.68. The number of likely N-dealkylation sites (tertiary alicyclic amines) is 1. The molecule has 110 valence electrons. The number of rotatable bonds is 3. The van der Waals surface area contributed by atoms with Crippen LogP contribution in [0.2, 0.25) is 5.02 Å². The number of nitrogens with zero attached hydrogens (tertiary/aromatic N) is 1. The van der Waals surface area contributed by atoms with Gasteiger partial charge in [0.1, 0.15) is 0 Å². The van der Waals surface area contributed by atoms with Crippen molar-refractivity contribution in [3.05, 3.63) is 21.6 Å². The van der Waals surface area contributed by atoms with Gasteiger partial charge in [0.2, 0.25) is 5.91 Å². The first-order valence-corrected chi connectivity index (χ1v) is 7.73. The number of ether oxygens (including phenoxy) is 1. The lowest BCUT2D eigenvalue weighted by Gasteiger charge is -2.32. The molecule has 0 radical (unpaired) electrons. The molecule has 1 aromatic carbocycles. The number of amides is 1. The first-order valence-electron chi connectivity index (χ1n) is 6.56. The Bertz CT molecular complexity index is 502. The van der Waals surface area contributed by atoms with Crippen molar-refractivity contribution in [1.29, 1.82) is 0 Å². The standard InChI is InChI=1S/C14H18BrClN2O2/c1-9(19)18-5-3-11(4-6-18)17-13-8-10(16)7-12(15)14(13)20-2/h7-8,11,17H,3-6H2,1-2H3. The molecule has 1 N–H and O–H groups in total. The van der Waals surface area contributed by atoms with Gasteiger partial charge in [-0.05, 0) is 40.9 Å². The fourth-order valence-electron chi connectivity index (χ4n) is 2.43. The third-order valence-corrected chi connectivity index (χ3v) is 4.32. The number of nitrogens with one attached hydrogen (secondary N) is 1. The molecular weight excluding hydrogens is 344 g/mol. The van der Waals surface area contributed by atoms with Crippen LogP contribution in [0.5, 0.6) is 5.75 Å². The first-order chi connectivity index (χ1) is 9.51. The van der Waals surface area contributed by atoms with Crippen LogP contribution in [0, 0.1) is 0 Å². The van der Waals surface area contributed by atoms with E-state index in [1.807, 2.05) is 17.0 Å². The molecule has 0 aliphatic carbocycles. The fraction of sp³-hybridized carbons (Fsp3) is 0.500. The molecule has 1 heterocycles. The largest absolute Gasteiger partial charge is 0.493 e. The summed E-state index contributed by atoms with van der Waals surface area (Å²) in [4.78, 5) is 13.2. The summed E-state index contributed by atoms with van der Waals surface area (Å²) in [5.74, 6) is 0.898. The van der Waals surface area contributed by atoms with E-state index < -0.39 is 0 Å². The molecule has 4 nitrogen and oxygen atoms in total. The molecule has 1 aliphatic heterocycles. The molecule has 0 saturated carbocycles. The second-order valence-electron chi connectivity index (χ2n) is 4.89. The van der Waals surface area contributed by atoms with Crippen molar-refractivity contribution in [3.63, 3.8) is 0 Å². The molecule has 1 amide bonds. The molecule has 0 spiro atoms. The van der Waals surface area contributed by atoms with Gasteiger partial charge in [0.25, 0.3) is 0 Å². The maximum atomic E-state index is 11.3. The van der Waals surface area contributed by atoms with E-state index in [0.29, 0.717) is 11.1 Å². The van der Waals surface area contributed by atoms with Crippen molar-refractivity contribution >= 4 is 39.1 Å². The zero-order chi connectivity index (χ0) is 14.7. The van der Waals surface area contributed by atoms with Gasteiger partial charge in [-0.2, -0.15) is 0 Å². The summed E-state index contributed by atoms with van der Waals surface area (Å²) in [5.41, 5.74) is 0.883. The van der Waals surface area contributed by atoms with Crippen LogP contribution in [-0.4, -0.2) is 37.0 Å². The normalized spacial score (nSPS) is 16.1. The van der Waals surface area contributed by atoms with Crippen LogP contribution in [-0.2, 0) is 4.79 Å². The highest BCUT2D eigenvalue weighted by atomic mass is 79.9. The van der Waals surface area contributed by atoms with E-state index in [2.05, 4.69) is 21.2 Å². The Kier molecular flexibility index (Phi) is 5.16. The Morgan fingerprint density at radius 3 is 2.65 bits per heavy atom. The monoisotopic (exact) mass is 360 g/mol. The molecule has 1 fully saturated rings. The van der Waals surface area contributed by atoms with E-state index >= 15 is 0 Å². The number of halogens is 2. The summed E-state index contributed by atoms with van der Waals surface area (Å²) in [6.07, 6.45) is 1.85. The Balaban J connectivity index is 2.06. The lowest BCUT2D eigenvalue weighted by molar-refractivity contribution is -0.129. The number of hydrogen-bond donors (Lipinski definition) is 1. The summed E-state index contributed by atoms with van der Waals surface area (Å²) >= 11 is 9.53. The minimum absolute atomic E-state index is 0.145. The van der Waals surface area contributed by atoms with E-state index in [4.69, 9.17) is 16.3 Å². The lowest BCUT2D eigenvalue weighted by Crippen LogP contribution is -2.41. The van der Waals surface area contributed by atoms with Crippen LogP contribution in [0.15, 0.2) is 16.6 Å². The molecule has 1 aromatic rings. The van der Waals surface area contributed by atoms with E-state index in [0.717, 1.165) is 41.8 Å². The summed E-state index contributed by atoms with van der Waals surface area (Å²) in [6, 6.07) is 4.00. The van der Waals surface area contributed by atoms with Gasteiger partial charge in [0, 0.05) is 31.1 Å². The molecule has 1 saturated heterocycles. The molecule has 0 atom stereocenters. The molecule has 1 aliphatic rings. The number of carbonyl (C=O) groups is 1. The fourth-order valence-corrected chi connectivity index (χ4v) is 3.41. The highest BCUT2D eigenvalue weighted by molar-refractivity contribution is 9.10. The van der Waals surface area contributed by atoms with Crippen molar-refractivity contribution in [2.75, 3.05) is 25.5 Å². The topological polar surface area (TPSA) is 41.6 Å². The van der Waals surface area contributed by atoms with Crippen molar-refractivity contribution in [2.24, 2.45) is 0 Å². The number of methoxy groups -OCH3 is 1. The van der Waals surface area contributed by atoms with Crippen molar-refractivity contribution in [3.8, 4) is 5.75 Å². The van der Waals surface area contributed by atoms with Crippen LogP contribution in [0.4, 0.5) is 5.69 Å². The Morgan fingerprint density at radius 1 is 1.45 bits per heavy atom. The predicted molar refractivity (Wildman–Crippen MR) is 84.6 cm³/mol. The van der Waals surface area contributed by atoms with Crippen LogP contribution < -0.4 is 10.1 Å². The molecule has 0 aromatic heterocycles. The molecule has 0 bridgehead atoms. The average Bonchev–Trinajstić information content (AvgIpc) is 2.39. The number of benzene rings is 1. The highest BCUT2D eigenvalue weighted by Gasteiger charge is 2.22. The Hall–Kier alpha value is -0.940. The molecular formula is C14H18BrClN2O2. The van der Waals surface area contributed by atoms with Gasteiger partial charge in [0.05, 0.1) is 17.3 Å². The quantitative estimate of drug-likeness (QED) is 0.895.